The molecule has 3 atom stereocenters. The van der Waals surface area contributed by atoms with Gasteiger partial charge in [0.2, 0.25) is 5.91 Å². The zero-order chi connectivity index (χ0) is 23.5. The number of amides is 2. The van der Waals surface area contributed by atoms with Gasteiger partial charge in [0, 0.05) is 22.9 Å². The summed E-state index contributed by atoms with van der Waals surface area (Å²) < 4.78 is 5.38. The number of phenols is 1. The van der Waals surface area contributed by atoms with Crippen molar-refractivity contribution in [3.8, 4) is 5.75 Å². The number of phenolic OH excluding ortho intramolecular Hbond substituents is 1. The summed E-state index contributed by atoms with van der Waals surface area (Å²) in [6.45, 7) is 7.70. The monoisotopic (exact) mass is 458 g/mol. The van der Waals surface area contributed by atoms with Gasteiger partial charge in [-0.25, -0.2) is 4.79 Å². The highest BCUT2D eigenvalue weighted by Gasteiger charge is 2.55. The second-order valence-corrected chi connectivity index (χ2v) is 10.0. The highest BCUT2D eigenvalue weighted by atomic mass is 35.5. The molecule has 1 saturated carbocycles. The van der Waals surface area contributed by atoms with Gasteiger partial charge in [0.1, 0.15) is 11.4 Å². The zero-order valence-corrected chi connectivity index (χ0v) is 19.7. The summed E-state index contributed by atoms with van der Waals surface area (Å²) >= 11 is 6.25. The van der Waals surface area contributed by atoms with Crippen molar-refractivity contribution < 1.29 is 19.4 Å². The van der Waals surface area contributed by atoms with Crippen LogP contribution >= 0.6 is 11.6 Å². The predicted molar refractivity (Wildman–Crippen MR) is 125 cm³/mol. The summed E-state index contributed by atoms with van der Waals surface area (Å²) in [6, 6.07) is 14.3. The lowest BCUT2D eigenvalue weighted by Gasteiger charge is -2.24. The maximum Gasteiger partial charge on any atom is 0.407 e. The summed E-state index contributed by atoms with van der Waals surface area (Å²) in [5, 5.41) is 15.8. The number of halogens is 1. The molecule has 0 heterocycles. The molecule has 0 saturated heterocycles. The summed E-state index contributed by atoms with van der Waals surface area (Å²) in [5.74, 6) is -0.0777. The lowest BCUT2D eigenvalue weighted by molar-refractivity contribution is -0.122. The molecule has 32 heavy (non-hydrogen) atoms. The molecule has 0 aromatic heterocycles. The number of nitrogens with one attached hydrogen (secondary N) is 2. The number of carbonyl (C=O) groups excluding carboxylic acids is 2. The van der Waals surface area contributed by atoms with E-state index in [9.17, 15) is 14.7 Å². The molecule has 1 fully saturated rings. The number of hydrogen-bond acceptors (Lipinski definition) is 4. The van der Waals surface area contributed by atoms with Crippen LogP contribution in [0.5, 0.6) is 5.75 Å². The van der Waals surface area contributed by atoms with E-state index in [1.54, 1.807) is 32.9 Å². The lowest BCUT2D eigenvalue weighted by atomic mass is 9.95. The van der Waals surface area contributed by atoms with Crippen LogP contribution in [0.25, 0.3) is 0 Å². The van der Waals surface area contributed by atoms with Crippen molar-refractivity contribution in [2.45, 2.75) is 57.6 Å². The maximum absolute atomic E-state index is 12.9. The van der Waals surface area contributed by atoms with Crippen LogP contribution in [-0.4, -0.2) is 35.3 Å². The molecule has 3 rings (SSSR count). The van der Waals surface area contributed by atoms with E-state index in [2.05, 4.69) is 17.6 Å². The van der Waals surface area contributed by atoms with Crippen LogP contribution in [0, 0.1) is 5.92 Å². The number of ether oxygens (including phenoxy) is 1. The molecule has 1 aliphatic rings. The third-order valence-electron chi connectivity index (χ3n) is 5.73. The van der Waals surface area contributed by atoms with E-state index in [0.29, 0.717) is 11.4 Å². The Morgan fingerprint density at radius 1 is 1.22 bits per heavy atom. The molecule has 0 spiro atoms. The Balaban J connectivity index is 1.65. The smallest absolute Gasteiger partial charge is 0.407 e. The van der Waals surface area contributed by atoms with Gasteiger partial charge in [-0.2, -0.15) is 0 Å². The molecular weight excluding hydrogens is 428 g/mol. The largest absolute Gasteiger partial charge is 0.508 e. The van der Waals surface area contributed by atoms with E-state index in [0.717, 1.165) is 17.5 Å². The predicted octanol–water partition coefficient (Wildman–Crippen LogP) is 4.58. The van der Waals surface area contributed by atoms with Crippen molar-refractivity contribution in [2.75, 3.05) is 6.54 Å². The van der Waals surface area contributed by atoms with Gasteiger partial charge in [0.05, 0.1) is 6.04 Å². The first-order valence-electron chi connectivity index (χ1n) is 10.8. The molecule has 2 aromatic carbocycles. The Labute approximate surface area is 194 Å². The van der Waals surface area contributed by atoms with Crippen molar-refractivity contribution in [1.82, 2.24) is 10.6 Å². The van der Waals surface area contributed by atoms with E-state index in [4.69, 9.17) is 16.3 Å². The summed E-state index contributed by atoms with van der Waals surface area (Å²) in [5.41, 5.74) is 1.10. The van der Waals surface area contributed by atoms with Crippen LogP contribution in [0.1, 0.15) is 45.2 Å². The van der Waals surface area contributed by atoms with Gasteiger partial charge in [-0.1, -0.05) is 54.9 Å². The van der Waals surface area contributed by atoms with Gasteiger partial charge in [0.15, 0.2) is 0 Å². The van der Waals surface area contributed by atoms with Crippen LogP contribution < -0.4 is 10.6 Å². The molecule has 7 heteroatoms. The van der Waals surface area contributed by atoms with E-state index in [1.165, 1.54) is 6.07 Å². The third kappa shape index (κ3) is 6.16. The molecule has 2 aromatic rings. The van der Waals surface area contributed by atoms with E-state index >= 15 is 0 Å². The molecule has 0 aliphatic heterocycles. The molecular formula is C25H31ClN2O4. The quantitative estimate of drug-likeness (QED) is 0.566. The van der Waals surface area contributed by atoms with Crippen LogP contribution in [0.3, 0.4) is 0 Å². The molecule has 172 valence electrons. The number of alkyl carbamates (subject to hydrolysis) is 1. The first-order valence-corrected chi connectivity index (χ1v) is 11.2. The molecule has 0 unspecified atom stereocenters. The second-order valence-electron chi connectivity index (χ2n) is 9.61. The molecule has 2 amide bonds. The van der Waals surface area contributed by atoms with Gasteiger partial charge in [-0.05, 0) is 56.9 Å². The van der Waals surface area contributed by atoms with Crippen LogP contribution in [0.4, 0.5) is 4.79 Å². The van der Waals surface area contributed by atoms with Crippen LogP contribution in [0.15, 0.2) is 48.5 Å². The number of rotatable bonds is 7. The van der Waals surface area contributed by atoms with Crippen molar-refractivity contribution in [2.24, 2.45) is 5.92 Å². The van der Waals surface area contributed by atoms with Crippen LogP contribution in [0.2, 0.25) is 5.02 Å². The van der Waals surface area contributed by atoms with Gasteiger partial charge in [-0.3, -0.25) is 4.79 Å². The Morgan fingerprint density at radius 3 is 2.53 bits per heavy atom. The first-order chi connectivity index (χ1) is 15.0. The number of carbonyl (C=O) groups is 2. The average molecular weight is 459 g/mol. The maximum atomic E-state index is 12.9. The SMILES string of the molecule is CC(C)(C)OC(=O)N[C@H](CNC(=O)[C@@H]1C[C@@]1(C)c1ccccc1)Cc1ccc(O)cc1Cl. The third-order valence-corrected chi connectivity index (χ3v) is 6.09. The molecule has 1 aliphatic carbocycles. The van der Waals surface area contributed by atoms with Gasteiger partial charge >= 0.3 is 6.09 Å². The Morgan fingerprint density at radius 2 is 1.91 bits per heavy atom. The van der Waals surface area contributed by atoms with Gasteiger partial charge < -0.3 is 20.5 Å². The number of aromatic hydroxyl groups is 1. The summed E-state index contributed by atoms with van der Waals surface area (Å²) in [4.78, 5) is 25.2. The molecule has 0 bridgehead atoms. The Kier molecular flexibility index (Phi) is 7.03. The molecule has 3 N–H and O–H groups in total. The first kappa shape index (κ1) is 23.9. The van der Waals surface area contributed by atoms with Crippen molar-refractivity contribution in [1.29, 1.82) is 0 Å². The average Bonchev–Trinajstić information content (AvgIpc) is 3.40. The van der Waals surface area contributed by atoms with E-state index in [1.807, 2.05) is 30.3 Å². The topological polar surface area (TPSA) is 87.7 Å². The summed E-state index contributed by atoms with van der Waals surface area (Å²) in [7, 11) is 0. The minimum Gasteiger partial charge on any atom is -0.508 e. The fourth-order valence-corrected chi connectivity index (χ4v) is 4.10. The van der Waals surface area contributed by atoms with Gasteiger partial charge in [0.25, 0.3) is 0 Å². The highest BCUT2D eigenvalue weighted by molar-refractivity contribution is 6.31. The number of benzene rings is 2. The minimum absolute atomic E-state index is 0.0378. The molecule has 0 radical (unpaired) electrons. The Hall–Kier alpha value is -2.73. The lowest BCUT2D eigenvalue weighted by Crippen LogP contribution is -2.47. The second kappa shape index (κ2) is 9.41. The fourth-order valence-electron chi connectivity index (χ4n) is 3.85. The standard InChI is InChI=1S/C25H31ClN2O4/c1-24(2,3)32-23(31)28-18(12-16-10-11-19(29)13-21(16)26)15-27-22(30)20-14-25(20,4)17-8-6-5-7-9-17/h5-11,13,18,20,29H,12,14-15H2,1-4H3,(H,27,30)(H,28,31)/t18-,20-,25-/m0/s1. The summed E-state index contributed by atoms with van der Waals surface area (Å²) in [6.07, 6.45) is 0.600. The van der Waals surface area contributed by atoms with E-state index < -0.39 is 17.7 Å². The normalized spacial score (nSPS) is 20.8. The van der Waals surface area contributed by atoms with Crippen LogP contribution in [-0.2, 0) is 21.4 Å². The van der Waals surface area contributed by atoms with Crippen molar-refractivity contribution in [3.05, 3.63) is 64.7 Å². The van der Waals surface area contributed by atoms with Gasteiger partial charge in [-0.15, -0.1) is 0 Å². The van der Waals surface area contributed by atoms with Crippen molar-refractivity contribution >= 4 is 23.6 Å². The highest BCUT2D eigenvalue weighted by Crippen LogP contribution is 2.53. The zero-order valence-electron chi connectivity index (χ0n) is 18.9. The number of hydrogen-bond donors (Lipinski definition) is 3. The van der Waals surface area contributed by atoms with Crippen molar-refractivity contribution in [3.63, 3.8) is 0 Å². The Bertz CT molecular complexity index is 974. The fraction of sp³-hybridized carbons (Fsp3) is 0.440. The molecule has 6 nitrogen and oxygen atoms in total. The van der Waals surface area contributed by atoms with E-state index in [-0.39, 0.29) is 29.5 Å². The minimum atomic E-state index is -0.639.